The van der Waals surface area contributed by atoms with Gasteiger partial charge in [-0.2, -0.15) is 0 Å². The zero-order chi connectivity index (χ0) is 16.9. The van der Waals surface area contributed by atoms with Crippen molar-refractivity contribution in [2.45, 2.75) is 26.4 Å². The minimum Gasteiger partial charge on any atom is -0.468 e. The second-order valence-corrected chi connectivity index (χ2v) is 6.27. The molecule has 2 heterocycles. The van der Waals surface area contributed by atoms with Gasteiger partial charge in [-0.3, -0.25) is 9.69 Å². The minimum absolute atomic E-state index is 0.0565. The van der Waals surface area contributed by atoms with Crippen LogP contribution in [0.1, 0.15) is 31.3 Å². The van der Waals surface area contributed by atoms with Gasteiger partial charge in [0.05, 0.1) is 23.7 Å². The van der Waals surface area contributed by atoms with E-state index in [2.05, 4.69) is 10.3 Å². The monoisotopic (exact) mass is 341 g/mol. The van der Waals surface area contributed by atoms with E-state index in [9.17, 15) is 4.79 Å². The maximum Gasteiger partial charge on any atom is 0.230 e. The molecule has 1 atom stereocenters. The van der Waals surface area contributed by atoms with E-state index in [-0.39, 0.29) is 11.9 Å². The molecule has 0 saturated heterocycles. The highest BCUT2D eigenvalue weighted by atomic mass is 32.1. The van der Waals surface area contributed by atoms with Crippen LogP contribution in [0.3, 0.4) is 0 Å². The van der Waals surface area contributed by atoms with Crippen molar-refractivity contribution in [3.05, 3.63) is 65.6 Å². The number of thiazole rings is 1. The summed E-state index contributed by atoms with van der Waals surface area (Å²) in [6.07, 6.45) is 1.67. The molecular weight excluding hydrogens is 322 g/mol. The molecule has 0 spiro atoms. The summed E-state index contributed by atoms with van der Waals surface area (Å²) in [7, 11) is 0. The third-order valence-corrected chi connectivity index (χ3v) is 4.49. The maximum atomic E-state index is 12.0. The van der Waals surface area contributed by atoms with E-state index in [0.717, 1.165) is 17.1 Å². The number of para-hydroxylation sites is 1. The predicted molar refractivity (Wildman–Crippen MR) is 95.3 cm³/mol. The lowest BCUT2D eigenvalue weighted by Crippen LogP contribution is -2.23. The number of aromatic nitrogens is 1. The van der Waals surface area contributed by atoms with Crippen LogP contribution in [0.2, 0.25) is 0 Å². The number of carbonyl (C=O) groups excluding carboxylic acids is 1. The Morgan fingerprint density at radius 2 is 2.08 bits per heavy atom. The van der Waals surface area contributed by atoms with Crippen LogP contribution in [0, 0.1) is 0 Å². The highest BCUT2D eigenvalue weighted by molar-refractivity contribution is 7.14. The standard InChI is InChI=1S/C18H19N3O2S/c1-13(17-9-6-10-23-17)19-11-15-12-24-18(20-15)21(14(2)22)16-7-4-3-5-8-16/h3-10,12-13,19H,11H2,1-2H3/t13-/m0/s1. The number of hydrogen-bond donors (Lipinski definition) is 1. The SMILES string of the molecule is CC(=O)N(c1ccccc1)c1nc(CN[C@@H](C)c2ccco2)cs1. The van der Waals surface area contributed by atoms with E-state index in [1.807, 2.05) is 54.8 Å². The van der Waals surface area contributed by atoms with Crippen molar-refractivity contribution in [2.75, 3.05) is 4.90 Å². The van der Waals surface area contributed by atoms with Crippen LogP contribution in [0.4, 0.5) is 10.8 Å². The molecule has 5 nitrogen and oxygen atoms in total. The van der Waals surface area contributed by atoms with E-state index in [0.29, 0.717) is 11.7 Å². The first-order valence-corrected chi connectivity index (χ1v) is 8.60. The molecule has 0 aliphatic carbocycles. The Hall–Kier alpha value is -2.44. The van der Waals surface area contributed by atoms with Gasteiger partial charge in [-0.25, -0.2) is 4.98 Å². The molecule has 124 valence electrons. The summed E-state index contributed by atoms with van der Waals surface area (Å²) in [5.74, 6) is 0.833. The normalized spacial score (nSPS) is 12.1. The van der Waals surface area contributed by atoms with Crippen LogP contribution < -0.4 is 10.2 Å². The van der Waals surface area contributed by atoms with Crippen LogP contribution in [0.5, 0.6) is 0 Å². The van der Waals surface area contributed by atoms with Gasteiger partial charge in [-0.05, 0) is 31.2 Å². The smallest absolute Gasteiger partial charge is 0.230 e. The molecule has 0 fully saturated rings. The van der Waals surface area contributed by atoms with E-state index < -0.39 is 0 Å². The van der Waals surface area contributed by atoms with Crippen LogP contribution in [-0.2, 0) is 11.3 Å². The molecule has 2 aromatic heterocycles. The Morgan fingerprint density at radius 3 is 2.75 bits per heavy atom. The average Bonchev–Trinajstić information content (AvgIpc) is 3.26. The Kier molecular flexibility index (Phi) is 5.08. The van der Waals surface area contributed by atoms with Crippen molar-refractivity contribution in [2.24, 2.45) is 0 Å². The van der Waals surface area contributed by atoms with Crippen molar-refractivity contribution in [3.63, 3.8) is 0 Å². The van der Waals surface area contributed by atoms with Gasteiger partial charge in [0, 0.05) is 18.8 Å². The molecule has 24 heavy (non-hydrogen) atoms. The number of benzene rings is 1. The fourth-order valence-electron chi connectivity index (χ4n) is 2.38. The van der Waals surface area contributed by atoms with Crippen molar-refractivity contribution >= 4 is 28.1 Å². The molecule has 1 N–H and O–H groups in total. The van der Waals surface area contributed by atoms with E-state index in [4.69, 9.17) is 4.42 Å². The number of carbonyl (C=O) groups is 1. The zero-order valence-corrected chi connectivity index (χ0v) is 14.4. The molecule has 0 unspecified atom stereocenters. The van der Waals surface area contributed by atoms with Crippen LogP contribution in [0.25, 0.3) is 0 Å². The Labute approximate surface area is 144 Å². The molecule has 1 amide bonds. The highest BCUT2D eigenvalue weighted by Gasteiger charge is 2.18. The fourth-order valence-corrected chi connectivity index (χ4v) is 3.27. The van der Waals surface area contributed by atoms with Crippen LogP contribution in [0.15, 0.2) is 58.5 Å². The topological polar surface area (TPSA) is 58.4 Å². The first-order valence-electron chi connectivity index (χ1n) is 7.72. The van der Waals surface area contributed by atoms with Gasteiger partial charge in [-0.1, -0.05) is 18.2 Å². The summed E-state index contributed by atoms with van der Waals surface area (Å²) in [6, 6.07) is 13.5. The Morgan fingerprint density at radius 1 is 1.29 bits per heavy atom. The quantitative estimate of drug-likeness (QED) is 0.727. The number of rotatable bonds is 6. The first-order chi connectivity index (χ1) is 11.6. The summed E-state index contributed by atoms with van der Waals surface area (Å²) < 4.78 is 5.38. The molecule has 1 aromatic carbocycles. The van der Waals surface area contributed by atoms with E-state index in [1.54, 1.807) is 18.1 Å². The molecule has 0 bridgehead atoms. The molecular formula is C18H19N3O2S. The molecule has 0 saturated carbocycles. The highest BCUT2D eigenvalue weighted by Crippen LogP contribution is 2.28. The number of hydrogen-bond acceptors (Lipinski definition) is 5. The first kappa shape index (κ1) is 16.4. The Balaban J connectivity index is 1.71. The minimum atomic E-state index is -0.0565. The lowest BCUT2D eigenvalue weighted by Gasteiger charge is -2.17. The van der Waals surface area contributed by atoms with Crippen molar-refractivity contribution < 1.29 is 9.21 Å². The van der Waals surface area contributed by atoms with Gasteiger partial charge in [0.25, 0.3) is 0 Å². The van der Waals surface area contributed by atoms with Crippen molar-refractivity contribution in [3.8, 4) is 0 Å². The number of nitrogens with one attached hydrogen (secondary N) is 1. The number of amides is 1. The average molecular weight is 341 g/mol. The maximum absolute atomic E-state index is 12.0. The number of furan rings is 1. The summed E-state index contributed by atoms with van der Waals surface area (Å²) in [5.41, 5.74) is 1.72. The van der Waals surface area contributed by atoms with Gasteiger partial charge in [0.1, 0.15) is 5.76 Å². The number of nitrogens with zero attached hydrogens (tertiary/aromatic N) is 2. The second kappa shape index (κ2) is 7.42. The van der Waals surface area contributed by atoms with Crippen LogP contribution in [-0.4, -0.2) is 10.9 Å². The largest absolute Gasteiger partial charge is 0.468 e. The lowest BCUT2D eigenvalue weighted by atomic mass is 10.2. The van der Waals surface area contributed by atoms with Crippen molar-refractivity contribution in [1.29, 1.82) is 0 Å². The zero-order valence-electron chi connectivity index (χ0n) is 13.6. The second-order valence-electron chi connectivity index (χ2n) is 5.43. The van der Waals surface area contributed by atoms with E-state index in [1.165, 1.54) is 11.3 Å². The third-order valence-electron chi connectivity index (χ3n) is 3.62. The molecule has 3 rings (SSSR count). The third kappa shape index (κ3) is 3.72. The summed E-state index contributed by atoms with van der Waals surface area (Å²) in [5, 5.41) is 6.01. The summed E-state index contributed by atoms with van der Waals surface area (Å²) in [6.45, 7) is 4.20. The van der Waals surface area contributed by atoms with Gasteiger partial charge >= 0.3 is 0 Å². The molecule has 0 aliphatic heterocycles. The summed E-state index contributed by atoms with van der Waals surface area (Å²) in [4.78, 5) is 18.3. The van der Waals surface area contributed by atoms with E-state index >= 15 is 0 Å². The number of anilines is 2. The Bertz CT molecular complexity index is 784. The lowest BCUT2D eigenvalue weighted by molar-refractivity contribution is -0.115. The van der Waals surface area contributed by atoms with Gasteiger partial charge in [0.15, 0.2) is 5.13 Å². The van der Waals surface area contributed by atoms with Crippen molar-refractivity contribution in [1.82, 2.24) is 10.3 Å². The van der Waals surface area contributed by atoms with Crippen LogP contribution >= 0.6 is 11.3 Å². The van der Waals surface area contributed by atoms with Gasteiger partial charge in [-0.15, -0.1) is 11.3 Å². The molecule has 3 aromatic rings. The molecule has 6 heteroatoms. The molecule has 0 aliphatic rings. The fraction of sp³-hybridized carbons (Fsp3) is 0.222. The summed E-state index contributed by atoms with van der Waals surface area (Å²) >= 11 is 1.46. The van der Waals surface area contributed by atoms with Gasteiger partial charge in [0.2, 0.25) is 5.91 Å². The molecule has 0 radical (unpaired) electrons. The predicted octanol–water partition coefficient (Wildman–Crippen LogP) is 4.27. The van der Waals surface area contributed by atoms with Gasteiger partial charge < -0.3 is 9.73 Å².